The van der Waals surface area contributed by atoms with Gasteiger partial charge < -0.3 is 21.1 Å². The molecule has 1 aromatic carbocycles. The van der Waals surface area contributed by atoms with Gasteiger partial charge in [0.15, 0.2) is 0 Å². The summed E-state index contributed by atoms with van der Waals surface area (Å²) in [6.45, 7) is 2.84. The standard InChI is InChI=1S/C16H27N3O/c1-19-9-7-14(8-10-19)18-12-16(20)15(17)11-13-5-3-2-4-6-13/h2-6,14-16,18,20H,7-12,17H2,1H3/t15-,16+/m0/s1. The summed E-state index contributed by atoms with van der Waals surface area (Å²) in [7, 11) is 2.15. The molecule has 0 bridgehead atoms. The Morgan fingerprint density at radius 1 is 1.30 bits per heavy atom. The molecule has 1 saturated heterocycles. The number of likely N-dealkylation sites (tertiary alicyclic amines) is 1. The van der Waals surface area contributed by atoms with Crippen LogP contribution in [0.2, 0.25) is 0 Å². The van der Waals surface area contributed by atoms with Crippen molar-refractivity contribution in [3.05, 3.63) is 35.9 Å². The van der Waals surface area contributed by atoms with Crippen molar-refractivity contribution in [2.24, 2.45) is 5.73 Å². The van der Waals surface area contributed by atoms with E-state index in [-0.39, 0.29) is 6.04 Å². The van der Waals surface area contributed by atoms with Crippen LogP contribution in [-0.2, 0) is 6.42 Å². The molecular weight excluding hydrogens is 250 g/mol. The SMILES string of the molecule is CN1CCC(NC[C@@H](O)[C@@H](N)Cc2ccccc2)CC1. The Morgan fingerprint density at radius 3 is 2.60 bits per heavy atom. The van der Waals surface area contributed by atoms with Gasteiger partial charge in [0.05, 0.1) is 6.10 Å². The van der Waals surface area contributed by atoms with E-state index in [2.05, 4.69) is 29.4 Å². The number of aliphatic hydroxyl groups excluding tert-OH is 1. The number of nitrogens with two attached hydrogens (primary N) is 1. The van der Waals surface area contributed by atoms with Crippen molar-refractivity contribution >= 4 is 0 Å². The molecule has 0 unspecified atom stereocenters. The zero-order valence-electron chi connectivity index (χ0n) is 12.3. The fourth-order valence-electron chi connectivity index (χ4n) is 2.67. The van der Waals surface area contributed by atoms with Crippen LogP contribution < -0.4 is 11.1 Å². The van der Waals surface area contributed by atoms with Gasteiger partial charge in [0.2, 0.25) is 0 Å². The molecule has 0 amide bonds. The van der Waals surface area contributed by atoms with E-state index in [0.717, 1.165) is 32.4 Å². The molecular formula is C16H27N3O. The van der Waals surface area contributed by atoms with Crippen LogP contribution in [0.5, 0.6) is 0 Å². The topological polar surface area (TPSA) is 61.5 Å². The molecule has 1 aliphatic heterocycles. The van der Waals surface area contributed by atoms with Crippen LogP contribution in [0.1, 0.15) is 18.4 Å². The van der Waals surface area contributed by atoms with Crippen molar-refractivity contribution in [1.82, 2.24) is 10.2 Å². The highest BCUT2D eigenvalue weighted by Gasteiger charge is 2.19. The van der Waals surface area contributed by atoms with Gasteiger partial charge in [-0.15, -0.1) is 0 Å². The number of hydrogen-bond donors (Lipinski definition) is 3. The van der Waals surface area contributed by atoms with Gasteiger partial charge in [0.1, 0.15) is 0 Å². The average Bonchev–Trinajstić information content (AvgIpc) is 2.47. The monoisotopic (exact) mass is 277 g/mol. The van der Waals surface area contributed by atoms with Gasteiger partial charge >= 0.3 is 0 Å². The summed E-state index contributed by atoms with van der Waals surface area (Å²) in [6, 6.07) is 10.4. The van der Waals surface area contributed by atoms with Gasteiger partial charge in [-0.05, 0) is 45.0 Å². The molecule has 0 aromatic heterocycles. The Bertz CT molecular complexity index is 377. The van der Waals surface area contributed by atoms with E-state index in [1.54, 1.807) is 0 Å². The Balaban J connectivity index is 1.70. The van der Waals surface area contributed by atoms with E-state index in [9.17, 15) is 5.11 Å². The second-order valence-electron chi connectivity index (χ2n) is 5.91. The Kier molecular flexibility index (Phi) is 5.98. The Hall–Kier alpha value is -0.940. The van der Waals surface area contributed by atoms with Crippen molar-refractivity contribution in [2.45, 2.75) is 37.5 Å². The number of rotatable bonds is 6. The molecule has 0 saturated carbocycles. The number of piperidine rings is 1. The lowest BCUT2D eigenvalue weighted by molar-refractivity contribution is 0.130. The second kappa shape index (κ2) is 7.74. The molecule has 0 spiro atoms. The molecule has 1 heterocycles. The van der Waals surface area contributed by atoms with Crippen LogP contribution in [0.25, 0.3) is 0 Å². The highest BCUT2D eigenvalue weighted by molar-refractivity contribution is 5.16. The number of aliphatic hydroxyl groups is 1. The lowest BCUT2D eigenvalue weighted by Gasteiger charge is -2.31. The molecule has 2 atom stereocenters. The smallest absolute Gasteiger partial charge is 0.0818 e. The molecule has 4 N–H and O–H groups in total. The van der Waals surface area contributed by atoms with Gasteiger partial charge in [0.25, 0.3) is 0 Å². The van der Waals surface area contributed by atoms with Crippen LogP contribution in [0, 0.1) is 0 Å². The maximum absolute atomic E-state index is 10.2. The van der Waals surface area contributed by atoms with Gasteiger partial charge in [-0.2, -0.15) is 0 Å². The third-order valence-corrected chi connectivity index (χ3v) is 4.14. The number of benzene rings is 1. The first kappa shape index (κ1) is 15.4. The van der Waals surface area contributed by atoms with Crippen molar-refractivity contribution in [2.75, 3.05) is 26.7 Å². The Morgan fingerprint density at radius 2 is 1.95 bits per heavy atom. The minimum absolute atomic E-state index is 0.212. The molecule has 2 rings (SSSR count). The summed E-state index contributed by atoms with van der Waals surface area (Å²) < 4.78 is 0. The lowest BCUT2D eigenvalue weighted by Crippen LogP contribution is -2.48. The first-order valence-electron chi connectivity index (χ1n) is 7.54. The first-order chi connectivity index (χ1) is 9.65. The van der Waals surface area contributed by atoms with Gasteiger partial charge in [-0.3, -0.25) is 0 Å². The summed E-state index contributed by atoms with van der Waals surface area (Å²) in [4.78, 5) is 2.34. The van der Waals surface area contributed by atoms with Gasteiger partial charge in [-0.1, -0.05) is 30.3 Å². The van der Waals surface area contributed by atoms with Crippen LogP contribution in [-0.4, -0.2) is 54.9 Å². The average molecular weight is 277 g/mol. The molecule has 0 radical (unpaired) electrons. The largest absolute Gasteiger partial charge is 0.390 e. The van der Waals surface area contributed by atoms with E-state index < -0.39 is 6.10 Å². The van der Waals surface area contributed by atoms with Crippen LogP contribution in [0.4, 0.5) is 0 Å². The predicted molar refractivity (Wildman–Crippen MR) is 82.6 cm³/mol. The predicted octanol–water partition coefficient (Wildman–Crippen LogP) is 0.601. The van der Waals surface area contributed by atoms with Crippen LogP contribution in [0.15, 0.2) is 30.3 Å². The summed E-state index contributed by atoms with van der Waals surface area (Å²) in [5.41, 5.74) is 7.27. The van der Waals surface area contributed by atoms with Gasteiger partial charge in [0, 0.05) is 18.6 Å². The molecule has 1 aromatic rings. The molecule has 0 aliphatic carbocycles. The van der Waals surface area contributed by atoms with Crippen molar-refractivity contribution in [1.29, 1.82) is 0 Å². The lowest BCUT2D eigenvalue weighted by atomic mass is 10.0. The maximum Gasteiger partial charge on any atom is 0.0818 e. The summed E-state index contributed by atoms with van der Waals surface area (Å²) in [5.74, 6) is 0. The van der Waals surface area contributed by atoms with E-state index >= 15 is 0 Å². The molecule has 1 fully saturated rings. The number of nitrogens with zero attached hydrogens (tertiary/aromatic N) is 1. The second-order valence-corrected chi connectivity index (χ2v) is 5.91. The Labute approximate surface area is 122 Å². The van der Waals surface area contributed by atoms with Crippen molar-refractivity contribution in [3.63, 3.8) is 0 Å². The molecule has 20 heavy (non-hydrogen) atoms. The van der Waals surface area contributed by atoms with Crippen LogP contribution in [0.3, 0.4) is 0 Å². The summed E-state index contributed by atoms with van der Waals surface area (Å²) in [6.07, 6.45) is 2.53. The molecule has 4 heteroatoms. The minimum atomic E-state index is -0.491. The zero-order chi connectivity index (χ0) is 14.4. The normalized spacial score (nSPS) is 20.8. The zero-order valence-corrected chi connectivity index (χ0v) is 12.3. The maximum atomic E-state index is 10.2. The molecule has 1 aliphatic rings. The van der Waals surface area contributed by atoms with E-state index in [0.29, 0.717) is 12.6 Å². The highest BCUT2D eigenvalue weighted by Crippen LogP contribution is 2.09. The van der Waals surface area contributed by atoms with Crippen molar-refractivity contribution < 1.29 is 5.11 Å². The molecule has 4 nitrogen and oxygen atoms in total. The number of nitrogens with one attached hydrogen (secondary N) is 1. The first-order valence-corrected chi connectivity index (χ1v) is 7.54. The fourth-order valence-corrected chi connectivity index (χ4v) is 2.67. The third kappa shape index (κ3) is 4.87. The molecule has 112 valence electrons. The summed E-state index contributed by atoms with van der Waals surface area (Å²) in [5, 5.41) is 13.6. The van der Waals surface area contributed by atoms with Crippen LogP contribution >= 0.6 is 0 Å². The minimum Gasteiger partial charge on any atom is -0.390 e. The third-order valence-electron chi connectivity index (χ3n) is 4.14. The van der Waals surface area contributed by atoms with Gasteiger partial charge in [-0.25, -0.2) is 0 Å². The van der Waals surface area contributed by atoms with Crippen molar-refractivity contribution in [3.8, 4) is 0 Å². The number of hydrogen-bond acceptors (Lipinski definition) is 4. The van der Waals surface area contributed by atoms with E-state index in [1.807, 2.05) is 18.2 Å². The highest BCUT2D eigenvalue weighted by atomic mass is 16.3. The summed E-state index contributed by atoms with van der Waals surface area (Å²) >= 11 is 0. The van der Waals surface area contributed by atoms with E-state index in [4.69, 9.17) is 5.73 Å². The fraction of sp³-hybridized carbons (Fsp3) is 0.625. The quantitative estimate of drug-likeness (QED) is 0.713. The van der Waals surface area contributed by atoms with E-state index in [1.165, 1.54) is 5.56 Å².